The van der Waals surface area contributed by atoms with E-state index in [1.165, 1.54) is 0 Å². The van der Waals surface area contributed by atoms with Crippen molar-refractivity contribution in [3.63, 3.8) is 0 Å². The van der Waals surface area contributed by atoms with Gasteiger partial charge in [-0.25, -0.2) is 0 Å². The van der Waals surface area contributed by atoms with Crippen molar-refractivity contribution in [3.05, 3.63) is 18.2 Å². The second-order valence-corrected chi connectivity index (χ2v) is 4.59. The topological polar surface area (TPSA) is 24.5 Å². The maximum atomic E-state index is 5.29. The molecule has 0 bridgehead atoms. The Morgan fingerprint density at radius 2 is 2.25 bits per heavy atom. The quantitative estimate of drug-likeness (QED) is 0.758. The molecule has 0 aliphatic carbocycles. The number of fused-ring (bicyclic) bond motifs is 1. The van der Waals surface area contributed by atoms with Gasteiger partial charge >= 0.3 is 0 Å². The minimum atomic E-state index is 0.397. The predicted octanol–water partition coefficient (Wildman–Crippen LogP) is 2.66. The number of nitrogens with one attached hydrogen (secondary N) is 1. The molecule has 0 saturated carbocycles. The van der Waals surface area contributed by atoms with Crippen LogP contribution in [0.5, 0.6) is 5.75 Å². The molecule has 3 nitrogen and oxygen atoms in total. The molecule has 1 aromatic carbocycles. The number of nitrogens with zero attached hydrogens (tertiary/aromatic N) is 1. The summed E-state index contributed by atoms with van der Waals surface area (Å²) in [6, 6.07) is 6.38. The molecule has 1 heterocycles. The SMILES string of the molecule is COc1ccc2c(c1)N(C)[C@@H](C)CC(=S)N2. The second-order valence-electron chi connectivity index (χ2n) is 4.10. The van der Waals surface area contributed by atoms with Gasteiger partial charge in [0, 0.05) is 25.6 Å². The third-order valence-corrected chi connectivity index (χ3v) is 3.27. The van der Waals surface area contributed by atoms with Gasteiger partial charge in [0.1, 0.15) is 5.75 Å². The van der Waals surface area contributed by atoms with Crippen LogP contribution in [0.15, 0.2) is 18.2 Å². The summed E-state index contributed by atoms with van der Waals surface area (Å²) < 4.78 is 5.24. The molecule has 0 fully saturated rings. The van der Waals surface area contributed by atoms with E-state index in [1.807, 2.05) is 18.2 Å². The van der Waals surface area contributed by atoms with Crippen molar-refractivity contribution >= 4 is 28.6 Å². The number of hydrogen-bond acceptors (Lipinski definition) is 3. The minimum absolute atomic E-state index is 0.397. The van der Waals surface area contributed by atoms with Crippen molar-refractivity contribution in [1.82, 2.24) is 0 Å². The molecule has 0 amide bonds. The Balaban J connectivity index is 2.47. The molecule has 0 radical (unpaired) electrons. The third-order valence-electron chi connectivity index (χ3n) is 3.00. The number of benzene rings is 1. The molecule has 1 aromatic rings. The molecular formula is C12H16N2OS. The van der Waals surface area contributed by atoms with Crippen molar-refractivity contribution in [2.24, 2.45) is 0 Å². The van der Waals surface area contributed by atoms with Crippen molar-refractivity contribution in [2.45, 2.75) is 19.4 Å². The van der Waals surface area contributed by atoms with Gasteiger partial charge in [0.25, 0.3) is 0 Å². The van der Waals surface area contributed by atoms with E-state index < -0.39 is 0 Å². The average molecular weight is 236 g/mol. The molecule has 1 N–H and O–H groups in total. The van der Waals surface area contributed by atoms with Crippen LogP contribution in [-0.4, -0.2) is 25.2 Å². The molecule has 1 atom stereocenters. The lowest BCUT2D eigenvalue weighted by atomic mass is 10.2. The van der Waals surface area contributed by atoms with Gasteiger partial charge in [-0.2, -0.15) is 0 Å². The molecule has 0 unspecified atom stereocenters. The van der Waals surface area contributed by atoms with E-state index in [0.29, 0.717) is 6.04 Å². The molecule has 1 aliphatic heterocycles. The Kier molecular flexibility index (Phi) is 3.01. The minimum Gasteiger partial charge on any atom is -0.497 e. The first-order valence-corrected chi connectivity index (χ1v) is 5.73. The Bertz CT molecular complexity index is 419. The molecular weight excluding hydrogens is 220 g/mol. The number of rotatable bonds is 1. The number of anilines is 2. The highest BCUT2D eigenvalue weighted by Crippen LogP contribution is 2.33. The lowest BCUT2D eigenvalue weighted by Gasteiger charge is -2.25. The first kappa shape index (κ1) is 11.2. The zero-order chi connectivity index (χ0) is 11.7. The first-order chi connectivity index (χ1) is 7.61. The van der Waals surface area contributed by atoms with Crippen molar-refractivity contribution < 1.29 is 4.74 Å². The van der Waals surface area contributed by atoms with Crippen molar-refractivity contribution in [1.29, 1.82) is 0 Å². The van der Waals surface area contributed by atoms with Gasteiger partial charge in [0.05, 0.1) is 23.5 Å². The Morgan fingerprint density at radius 1 is 1.50 bits per heavy atom. The van der Waals surface area contributed by atoms with Crippen LogP contribution in [-0.2, 0) is 0 Å². The summed E-state index contributed by atoms with van der Waals surface area (Å²) in [6.45, 7) is 2.17. The zero-order valence-corrected chi connectivity index (χ0v) is 10.6. The normalized spacial score (nSPS) is 19.8. The summed E-state index contributed by atoms with van der Waals surface area (Å²) in [4.78, 5) is 3.12. The fourth-order valence-corrected chi connectivity index (χ4v) is 2.23. The lowest BCUT2D eigenvalue weighted by Crippen LogP contribution is -2.29. The van der Waals surface area contributed by atoms with E-state index >= 15 is 0 Å². The molecule has 1 aliphatic rings. The summed E-state index contributed by atoms with van der Waals surface area (Å²) in [5, 5.41) is 3.27. The summed E-state index contributed by atoms with van der Waals surface area (Å²) >= 11 is 5.29. The average Bonchev–Trinajstić information content (AvgIpc) is 2.37. The van der Waals surface area contributed by atoms with Crippen molar-refractivity contribution in [2.75, 3.05) is 24.4 Å². The van der Waals surface area contributed by atoms with Crippen LogP contribution >= 0.6 is 12.2 Å². The van der Waals surface area contributed by atoms with Crippen LogP contribution in [0.2, 0.25) is 0 Å². The summed E-state index contributed by atoms with van der Waals surface area (Å²) in [7, 11) is 3.76. The monoisotopic (exact) mass is 236 g/mol. The summed E-state index contributed by atoms with van der Waals surface area (Å²) in [5.74, 6) is 0.868. The van der Waals surface area contributed by atoms with Gasteiger partial charge in [-0.1, -0.05) is 12.2 Å². The standard InChI is InChI=1S/C12H16N2OS/c1-8-6-12(16)13-10-5-4-9(15-3)7-11(10)14(8)2/h4-5,7-8H,6H2,1-3H3,(H,13,16)/t8-/m0/s1. The van der Waals surface area contributed by atoms with Gasteiger partial charge < -0.3 is 15.0 Å². The Labute approximate surface area is 101 Å². The van der Waals surface area contributed by atoms with Crippen LogP contribution in [0.3, 0.4) is 0 Å². The van der Waals surface area contributed by atoms with Gasteiger partial charge in [0.15, 0.2) is 0 Å². The van der Waals surface area contributed by atoms with Gasteiger partial charge in [-0.3, -0.25) is 0 Å². The van der Waals surface area contributed by atoms with Crippen molar-refractivity contribution in [3.8, 4) is 5.75 Å². The van der Waals surface area contributed by atoms with E-state index in [9.17, 15) is 0 Å². The van der Waals surface area contributed by atoms with Crippen LogP contribution in [0.25, 0.3) is 0 Å². The molecule has 0 spiro atoms. The number of thiocarbonyl (C=S) groups is 1. The smallest absolute Gasteiger partial charge is 0.121 e. The highest BCUT2D eigenvalue weighted by molar-refractivity contribution is 7.80. The van der Waals surface area contributed by atoms with E-state index in [0.717, 1.165) is 28.5 Å². The molecule has 2 rings (SSSR count). The van der Waals surface area contributed by atoms with Crippen LogP contribution in [0.4, 0.5) is 11.4 Å². The zero-order valence-electron chi connectivity index (χ0n) is 9.78. The Morgan fingerprint density at radius 3 is 2.94 bits per heavy atom. The van der Waals surface area contributed by atoms with Gasteiger partial charge in [0.2, 0.25) is 0 Å². The first-order valence-electron chi connectivity index (χ1n) is 5.32. The van der Waals surface area contributed by atoms with Gasteiger partial charge in [-0.05, 0) is 19.1 Å². The van der Waals surface area contributed by atoms with Gasteiger partial charge in [-0.15, -0.1) is 0 Å². The Hall–Kier alpha value is -1.29. The molecule has 0 saturated heterocycles. The van der Waals surface area contributed by atoms with E-state index in [1.54, 1.807) is 7.11 Å². The summed E-state index contributed by atoms with van der Waals surface area (Å²) in [5.41, 5.74) is 2.18. The molecule has 16 heavy (non-hydrogen) atoms. The van der Waals surface area contributed by atoms with Crippen LogP contribution in [0, 0.1) is 0 Å². The predicted molar refractivity (Wildman–Crippen MR) is 71.7 cm³/mol. The highest BCUT2D eigenvalue weighted by atomic mass is 32.1. The fourth-order valence-electron chi connectivity index (χ4n) is 1.88. The highest BCUT2D eigenvalue weighted by Gasteiger charge is 2.20. The van der Waals surface area contributed by atoms with Crippen LogP contribution in [0.1, 0.15) is 13.3 Å². The third kappa shape index (κ3) is 1.97. The molecule has 86 valence electrons. The van der Waals surface area contributed by atoms with E-state index in [4.69, 9.17) is 17.0 Å². The molecule has 0 aromatic heterocycles. The van der Waals surface area contributed by atoms with Crippen LogP contribution < -0.4 is 15.0 Å². The van der Waals surface area contributed by atoms with E-state index in [2.05, 4.69) is 24.2 Å². The second kappa shape index (κ2) is 4.29. The number of methoxy groups -OCH3 is 1. The number of ether oxygens (including phenoxy) is 1. The maximum Gasteiger partial charge on any atom is 0.121 e. The lowest BCUT2D eigenvalue weighted by molar-refractivity contribution is 0.415. The summed E-state index contributed by atoms with van der Waals surface area (Å²) in [6.07, 6.45) is 0.878. The number of hydrogen-bond donors (Lipinski definition) is 1. The largest absolute Gasteiger partial charge is 0.497 e. The maximum absolute atomic E-state index is 5.29. The van der Waals surface area contributed by atoms with E-state index in [-0.39, 0.29) is 0 Å². The molecule has 4 heteroatoms. The fraction of sp³-hybridized carbons (Fsp3) is 0.417.